The number of halogens is 1. The molecule has 0 unspecified atom stereocenters. The Morgan fingerprint density at radius 2 is 1.67 bits per heavy atom. The summed E-state index contributed by atoms with van der Waals surface area (Å²) in [5.41, 5.74) is 17.3. The average molecular weight is 460 g/mol. The lowest BCUT2D eigenvalue weighted by molar-refractivity contribution is 0.833. The molecule has 0 saturated heterocycles. The molecule has 2 aromatic carbocycles. The number of aromatic nitrogens is 4. The molecule has 2 aromatic heterocycles. The molecule has 0 bridgehead atoms. The number of fused-ring (bicyclic) bond motifs is 1. The van der Waals surface area contributed by atoms with Crippen molar-refractivity contribution >= 4 is 40.1 Å². The summed E-state index contributed by atoms with van der Waals surface area (Å²) >= 11 is 6.17. The second-order valence-corrected chi connectivity index (χ2v) is 7.06. The van der Waals surface area contributed by atoms with Crippen molar-refractivity contribution < 1.29 is 0 Å². The van der Waals surface area contributed by atoms with E-state index in [2.05, 4.69) is 21.0 Å². The molecule has 0 aliphatic rings. The molecule has 11 heteroatoms. The van der Waals surface area contributed by atoms with E-state index in [1.807, 2.05) is 6.92 Å². The van der Waals surface area contributed by atoms with Gasteiger partial charge in [0, 0.05) is 6.42 Å². The van der Waals surface area contributed by atoms with Gasteiger partial charge in [-0.25, -0.2) is 4.98 Å². The molecule has 0 aliphatic heterocycles. The van der Waals surface area contributed by atoms with Crippen molar-refractivity contribution in [3.8, 4) is 17.8 Å². The third-order valence-electron chi connectivity index (χ3n) is 4.56. The number of rotatable bonds is 2. The molecular formula is C22H18ClN9O. The first-order valence-corrected chi connectivity index (χ1v) is 9.97. The van der Waals surface area contributed by atoms with Crippen LogP contribution in [0.3, 0.4) is 0 Å². The van der Waals surface area contributed by atoms with Gasteiger partial charge in [0.2, 0.25) is 5.95 Å². The van der Waals surface area contributed by atoms with Crippen molar-refractivity contribution in [3.63, 3.8) is 0 Å². The Bertz CT molecular complexity index is 1480. The van der Waals surface area contributed by atoms with E-state index in [4.69, 9.17) is 39.3 Å². The highest BCUT2D eigenvalue weighted by atomic mass is 35.5. The molecule has 0 radical (unpaired) electrons. The van der Waals surface area contributed by atoms with Crippen LogP contribution in [0.2, 0.25) is 5.02 Å². The van der Waals surface area contributed by atoms with Crippen LogP contribution in [0.25, 0.3) is 16.6 Å². The smallest absolute Gasteiger partial charge is 0.267 e. The summed E-state index contributed by atoms with van der Waals surface area (Å²) in [4.78, 5) is 24.5. The number of hydrogen-bond donors (Lipinski definition) is 3. The summed E-state index contributed by atoms with van der Waals surface area (Å²) in [5, 5.41) is 18.3. The summed E-state index contributed by atoms with van der Waals surface area (Å²) < 4.78 is 1.52. The van der Waals surface area contributed by atoms with E-state index in [1.165, 1.54) is 4.57 Å². The zero-order chi connectivity index (χ0) is 24.1. The van der Waals surface area contributed by atoms with Crippen LogP contribution in [-0.2, 0) is 6.42 Å². The fourth-order valence-corrected chi connectivity index (χ4v) is 3.33. The standard InChI is InChI=1S/C17H12ClN3O.C5H6N6/c1-2-15-20-14-8-4-7-13(18)16(14)17(22)21(15)12-6-3-5-11(9-12)10-19;6-1-2-3(7)10-5(9)11-4(2)8/h3-9H,2H2,1H3;(H6,7,8,9,10,11). The minimum atomic E-state index is -0.220. The molecule has 0 fully saturated rings. The van der Waals surface area contributed by atoms with Crippen molar-refractivity contribution in [2.24, 2.45) is 0 Å². The van der Waals surface area contributed by atoms with Crippen molar-refractivity contribution in [1.82, 2.24) is 19.5 Å². The van der Waals surface area contributed by atoms with E-state index in [0.717, 1.165) is 0 Å². The summed E-state index contributed by atoms with van der Waals surface area (Å²) in [7, 11) is 0. The van der Waals surface area contributed by atoms with Gasteiger partial charge in [0.25, 0.3) is 5.56 Å². The highest BCUT2D eigenvalue weighted by Crippen LogP contribution is 2.21. The Morgan fingerprint density at radius 1 is 1.00 bits per heavy atom. The summed E-state index contributed by atoms with van der Waals surface area (Å²) in [6.45, 7) is 1.93. The molecule has 4 aromatic rings. The molecule has 164 valence electrons. The minimum Gasteiger partial charge on any atom is -0.382 e. The maximum Gasteiger partial charge on any atom is 0.267 e. The SMILES string of the molecule is CCc1nc2cccc(Cl)c2c(=O)n1-c1cccc(C#N)c1.N#Cc1c(N)nc(N)nc1N. The summed E-state index contributed by atoms with van der Waals surface area (Å²) in [6.07, 6.45) is 0.592. The topological polar surface area (TPSA) is 186 Å². The van der Waals surface area contributed by atoms with E-state index >= 15 is 0 Å². The Morgan fingerprint density at radius 3 is 2.27 bits per heavy atom. The maximum atomic E-state index is 12.9. The number of nitrogens with two attached hydrogens (primary N) is 3. The molecule has 4 rings (SSSR count). The first-order valence-electron chi connectivity index (χ1n) is 9.59. The molecular weight excluding hydrogens is 442 g/mol. The third kappa shape index (κ3) is 4.66. The number of nitrogen functional groups attached to an aromatic ring is 3. The van der Waals surface area contributed by atoms with Gasteiger partial charge in [0.1, 0.15) is 29.1 Å². The minimum absolute atomic E-state index is 0.0116. The second kappa shape index (κ2) is 9.64. The molecule has 0 atom stereocenters. The zero-order valence-corrected chi connectivity index (χ0v) is 18.2. The van der Waals surface area contributed by atoms with Crippen molar-refractivity contribution in [2.45, 2.75) is 13.3 Å². The van der Waals surface area contributed by atoms with Gasteiger partial charge in [-0.15, -0.1) is 0 Å². The molecule has 6 N–H and O–H groups in total. The van der Waals surface area contributed by atoms with Gasteiger partial charge >= 0.3 is 0 Å². The van der Waals surface area contributed by atoms with Crippen LogP contribution < -0.4 is 22.8 Å². The van der Waals surface area contributed by atoms with E-state index in [1.54, 1.807) is 48.5 Å². The van der Waals surface area contributed by atoms with Gasteiger partial charge in [0.15, 0.2) is 0 Å². The highest BCUT2D eigenvalue weighted by Gasteiger charge is 2.14. The van der Waals surface area contributed by atoms with Crippen LogP contribution >= 0.6 is 11.6 Å². The molecule has 0 aliphatic carbocycles. The molecule has 10 nitrogen and oxygen atoms in total. The molecule has 0 saturated carbocycles. The lowest BCUT2D eigenvalue weighted by atomic mass is 10.2. The quantitative estimate of drug-likeness (QED) is 0.404. The normalized spacial score (nSPS) is 10.1. The van der Waals surface area contributed by atoms with Gasteiger partial charge in [-0.3, -0.25) is 9.36 Å². The van der Waals surface area contributed by atoms with Gasteiger partial charge in [-0.2, -0.15) is 20.5 Å². The van der Waals surface area contributed by atoms with Crippen LogP contribution in [0, 0.1) is 22.7 Å². The number of hydrogen-bond acceptors (Lipinski definition) is 9. The van der Waals surface area contributed by atoms with E-state index < -0.39 is 0 Å². The fourth-order valence-electron chi connectivity index (χ4n) is 3.08. The molecule has 0 spiro atoms. The third-order valence-corrected chi connectivity index (χ3v) is 4.87. The molecule has 0 amide bonds. The average Bonchev–Trinajstić information content (AvgIpc) is 2.79. The summed E-state index contributed by atoms with van der Waals surface area (Å²) in [6, 6.07) is 16.0. The number of nitrogens with zero attached hydrogens (tertiary/aromatic N) is 6. The van der Waals surface area contributed by atoms with Crippen LogP contribution in [0.1, 0.15) is 23.9 Å². The number of nitriles is 2. The molecule has 33 heavy (non-hydrogen) atoms. The van der Waals surface area contributed by atoms with Gasteiger partial charge < -0.3 is 17.2 Å². The Balaban J connectivity index is 0.000000235. The number of aryl methyl sites for hydroxylation is 1. The summed E-state index contributed by atoms with van der Waals surface area (Å²) in [5.74, 6) is 0.629. The number of anilines is 3. The van der Waals surface area contributed by atoms with Crippen molar-refractivity contribution in [1.29, 1.82) is 10.5 Å². The Hall–Kier alpha value is -4.67. The van der Waals surface area contributed by atoms with E-state index in [9.17, 15) is 4.79 Å². The lowest BCUT2D eigenvalue weighted by Gasteiger charge is -2.13. The number of benzene rings is 2. The maximum absolute atomic E-state index is 12.9. The highest BCUT2D eigenvalue weighted by molar-refractivity contribution is 6.35. The second-order valence-electron chi connectivity index (χ2n) is 6.66. The van der Waals surface area contributed by atoms with E-state index in [0.29, 0.717) is 39.4 Å². The van der Waals surface area contributed by atoms with Gasteiger partial charge in [-0.1, -0.05) is 30.7 Å². The predicted octanol–water partition coefficient (Wildman–Crippen LogP) is 2.57. The van der Waals surface area contributed by atoms with Gasteiger partial charge in [0.05, 0.1) is 33.2 Å². The van der Waals surface area contributed by atoms with E-state index in [-0.39, 0.29) is 28.7 Å². The van der Waals surface area contributed by atoms with Crippen LogP contribution in [0.5, 0.6) is 0 Å². The van der Waals surface area contributed by atoms with Crippen molar-refractivity contribution in [2.75, 3.05) is 17.2 Å². The Labute approximate surface area is 193 Å². The largest absolute Gasteiger partial charge is 0.382 e. The van der Waals surface area contributed by atoms with Gasteiger partial charge in [-0.05, 0) is 30.3 Å². The predicted molar refractivity (Wildman–Crippen MR) is 126 cm³/mol. The fraction of sp³-hybridized carbons (Fsp3) is 0.0909. The monoisotopic (exact) mass is 459 g/mol. The first-order chi connectivity index (χ1) is 15.8. The van der Waals surface area contributed by atoms with Crippen LogP contribution in [0.15, 0.2) is 47.3 Å². The zero-order valence-electron chi connectivity index (χ0n) is 17.5. The first kappa shape index (κ1) is 23.0. The van der Waals surface area contributed by atoms with Crippen LogP contribution in [0.4, 0.5) is 17.6 Å². The lowest BCUT2D eigenvalue weighted by Crippen LogP contribution is -2.24. The Kier molecular flexibility index (Phi) is 6.72. The van der Waals surface area contributed by atoms with Crippen molar-refractivity contribution in [3.05, 3.63) is 74.8 Å². The van der Waals surface area contributed by atoms with Crippen LogP contribution in [-0.4, -0.2) is 19.5 Å². The molecule has 2 heterocycles.